The molecule has 1 aliphatic rings. The van der Waals surface area contributed by atoms with E-state index in [1.807, 2.05) is 11.0 Å². The summed E-state index contributed by atoms with van der Waals surface area (Å²) < 4.78 is 41.3. The van der Waals surface area contributed by atoms with E-state index in [-0.39, 0.29) is 17.5 Å². The number of halogens is 3. The van der Waals surface area contributed by atoms with Crippen LogP contribution in [0.4, 0.5) is 13.2 Å². The Hall–Kier alpha value is -2.21. The number of nitrogens with zero attached hydrogens (tertiary/aromatic N) is 3. The lowest BCUT2D eigenvalue weighted by Gasteiger charge is -2.20. The highest BCUT2D eigenvalue weighted by atomic mass is 19.4. The van der Waals surface area contributed by atoms with Gasteiger partial charge in [-0.2, -0.15) is 13.2 Å². The minimum atomic E-state index is -4.43. The fourth-order valence-corrected chi connectivity index (χ4v) is 3.47. The molecule has 0 radical (unpaired) electrons. The second-order valence-corrected chi connectivity index (χ2v) is 6.18. The molecule has 1 aromatic carbocycles. The molecule has 24 heavy (non-hydrogen) atoms. The van der Waals surface area contributed by atoms with Crippen LogP contribution in [0.15, 0.2) is 36.7 Å². The zero-order valence-electron chi connectivity index (χ0n) is 13.0. The Morgan fingerprint density at radius 1 is 0.958 bits per heavy atom. The third-order valence-electron chi connectivity index (χ3n) is 4.56. The Labute approximate surface area is 137 Å². The summed E-state index contributed by atoms with van der Waals surface area (Å²) in [5.74, 6) is 0. The van der Waals surface area contributed by atoms with Crippen molar-refractivity contribution in [3.8, 4) is 0 Å². The van der Waals surface area contributed by atoms with E-state index >= 15 is 0 Å². The quantitative estimate of drug-likeness (QED) is 0.652. The topological polar surface area (TPSA) is 29.0 Å². The van der Waals surface area contributed by atoms with E-state index in [4.69, 9.17) is 0 Å². The van der Waals surface area contributed by atoms with Gasteiger partial charge in [-0.25, -0.2) is 0 Å². The molecule has 1 aliphatic heterocycles. The van der Waals surface area contributed by atoms with Gasteiger partial charge in [-0.05, 0) is 37.6 Å². The SMILES string of the molecule is FC(F)(F)c1c(CN2CCCC2)cnc2c1cnc1ccccc12. The van der Waals surface area contributed by atoms with Gasteiger partial charge in [0.25, 0.3) is 0 Å². The van der Waals surface area contributed by atoms with Crippen LogP contribution in [0.3, 0.4) is 0 Å². The van der Waals surface area contributed by atoms with E-state index in [2.05, 4.69) is 9.97 Å². The van der Waals surface area contributed by atoms with Gasteiger partial charge in [0.15, 0.2) is 0 Å². The first-order valence-electron chi connectivity index (χ1n) is 7.99. The number of hydrogen-bond donors (Lipinski definition) is 0. The molecule has 1 saturated heterocycles. The first-order valence-corrected chi connectivity index (χ1v) is 7.99. The van der Waals surface area contributed by atoms with Crippen molar-refractivity contribution in [2.45, 2.75) is 25.6 Å². The number of aromatic nitrogens is 2. The monoisotopic (exact) mass is 331 g/mol. The molecule has 6 heteroatoms. The molecular formula is C18H16F3N3. The lowest BCUT2D eigenvalue weighted by atomic mass is 10.0. The van der Waals surface area contributed by atoms with Gasteiger partial charge < -0.3 is 0 Å². The van der Waals surface area contributed by atoms with Crippen LogP contribution < -0.4 is 0 Å². The van der Waals surface area contributed by atoms with Crippen LogP contribution in [0.1, 0.15) is 24.0 Å². The number of hydrogen-bond acceptors (Lipinski definition) is 3. The second-order valence-electron chi connectivity index (χ2n) is 6.18. The zero-order chi connectivity index (χ0) is 16.7. The van der Waals surface area contributed by atoms with E-state index < -0.39 is 11.7 Å². The molecule has 0 N–H and O–H groups in total. The van der Waals surface area contributed by atoms with Gasteiger partial charge >= 0.3 is 6.18 Å². The molecule has 0 spiro atoms. The Bertz CT molecular complexity index is 899. The van der Waals surface area contributed by atoms with Crippen molar-refractivity contribution in [1.29, 1.82) is 0 Å². The number of rotatable bonds is 2. The molecule has 0 saturated carbocycles. The van der Waals surface area contributed by atoms with Crippen molar-refractivity contribution >= 4 is 21.8 Å². The number of fused-ring (bicyclic) bond motifs is 3. The zero-order valence-corrected chi connectivity index (χ0v) is 13.0. The summed E-state index contributed by atoms with van der Waals surface area (Å²) in [7, 11) is 0. The summed E-state index contributed by atoms with van der Waals surface area (Å²) in [4.78, 5) is 10.6. The average molecular weight is 331 g/mol. The highest BCUT2D eigenvalue weighted by Gasteiger charge is 2.36. The molecule has 0 amide bonds. The number of para-hydroxylation sites is 1. The molecule has 3 nitrogen and oxygen atoms in total. The van der Waals surface area contributed by atoms with Crippen LogP contribution in [0.5, 0.6) is 0 Å². The van der Waals surface area contributed by atoms with Crippen LogP contribution in [-0.2, 0) is 12.7 Å². The largest absolute Gasteiger partial charge is 0.417 e. The maximum absolute atomic E-state index is 13.8. The first kappa shape index (κ1) is 15.3. The van der Waals surface area contributed by atoms with Gasteiger partial charge in [-0.3, -0.25) is 14.9 Å². The molecule has 0 atom stereocenters. The summed E-state index contributed by atoms with van der Waals surface area (Å²) in [5.41, 5.74) is 0.641. The third-order valence-corrected chi connectivity index (χ3v) is 4.56. The van der Waals surface area contributed by atoms with Gasteiger partial charge in [0.2, 0.25) is 0 Å². The van der Waals surface area contributed by atoms with Crippen LogP contribution in [-0.4, -0.2) is 28.0 Å². The van der Waals surface area contributed by atoms with Crippen molar-refractivity contribution in [3.63, 3.8) is 0 Å². The van der Waals surface area contributed by atoms with Crippen LogP contribution in [0.25, 0.3) is 21.8 Å². The Morgan fingerprint density at radius 2 is 1.71 bits per heavy atom. The summed E-state index contributed by atoms with van der Waals surface area (Å²) in [6, 6.07) is 7.14. The molecule has 0 bridgehead atoms. The van der Waals surface area contributed by atoms with Crippen molar-refractivity contribution in [1.82, 2.24) is 14.9 Å². The molecule has 1 fully saturated rings. The predicted octanol–water partition coefficient (Wildman–Crippen LogP) is 4.40. The number of benzene rings is 1. The molecule has 0 unspecified atom stereocenters. The highest BCUT2D eigenvalue weighted by Crippen LogP contribution is 2.38. The maximum atomic E-state index is 13.8. The Kier molecular flexibility index (Phi) is 3.64. The molecular weight excluding hydrogens is 315 g/mol. The Morgan fingerprint density at radius 3 is 2.46 bits per heavy atom. The van der Waals surface area contributed by atoms with Crippen LogP contribution in [0, 0.1) is 0 Å². The van der Waals surface area contributed by atoms with E-state index in [1.165, 1.54) is 12.4 Å². The summed E-state index contributed by atoms with van der Waals surface area (Å²) in [5, 5.41) is 0.728. The van der Waals surface area contributed by atoms with Gasteiger partial charge in [-0.1, -0.05) is 18.2 Å². The van der Waals surface area contributed by atoms with Gasteiger partial charge in [0.05, 0.1) is 16.6 Å². The average Bonchev–Trinajstić information content (AvgIpc) is 3.06. The van der Waals surface area contributed by atoms with E-state index in [1.54, 1.807) is 18.2 Å². The third kappa shape index (κ3) is 2.60. The van der Waals surface area contributed by atoms with Crippen molar-refractivity contribution < 1.29 is 13.2 Å². The number of alkyl halides is 3. The van der Waals surface area contributed by atoms with Crippen molar-refractivity contribution in [3.05, 3.63) is 47.8 Å². The summed E-state index contributed by atoms with van der Waals surface area (Å²) in [6.07, 6.45) is 0.334. The molecule has 0 aliphatic carbocycles. The fourth-order valence-electron chi connectivity index (χ4n) is 3.47. The second kappa shape index (κ2) is 5.70. The Balaban J connectivity index is 1.95. The maximum Gasteiger partial charge on any atom is 0.417 e. The minimum Gasteiger partial charge on any atom is -0.299 e. The van der Waals surface area contributed by atoms with Crippen molar-refractivity contribution in [2.24, 2.45) is 0 Å². The molecule has 124 valence electrons. The van der Waals surface area contributed by atoms with Gasteiger partial charge in [0, 0.05) is 29.7 Å². The lowest BCUT2D eigenvalue weighted by Crippen LogP contribution is -2.22. The summed E-state index contributed by atoms with van der Waals surface area (Å²) in [6.45, 7) is 1.96. The smallest absolute Gasteiger partial charge is 0.299 e. The molecule has 3 heterocycles. The number of pyridine rings is 2. The first-order chi connectivity index (χ1) is 11.5. The standard InChI is InChI=1S/C18H16F3N3/c19-18(20,21)16-12(11-24-7-3-4-8-24)9-23-17-13-5-1-2-6-15(13)22-10-14(16)17/h1-2,5-6,9-10H,3-4,7-8,11H2. The van der Waals surface area contributed by atoms with Crippen molar-refractivity contribution in [2.75, 3.05) is 13.1 Å². The normalized spacial score (nSPS) is 16.3. The highest BCUT2D eigenvalue weighted by molar-refractivity contribution is 6.04. The van der Waals surface area contributed by atoms with Crippen LogP contribution in [0.2, 0.25) is 0 Å². The van der Waals surface area contributed by atoms with E-state index in [0.717, 1.165) is 25.9 Å². The minimum absolute atomic E-state index is 0.0814. The lowest BCUT2D eigenvalue weighted by molar-refractivity contribution is -0.137. The van der Waals surface area contributed by atoms with Gasteiger partial charge in [0.1, 0.15) is 0 Å². The number of likely N-dealkylation sites (tertiary alicyclic amines) is 1. The molecule has 2 aromatic heterocycles. The predicted molar refractivity (Wildman–Crippen MR) is 86.6 cm³/mol. The molecule has 3 aromatic rings. The summed E-state index contributed by atoms with van der Waals surface area (Å²) >= 11 is 0. The fraction of sp³-hybridized carbons (Fsp3) is 0.333. The van der Waals surface area contributed by atoms with Gasteiger partial charge in [-0.15, -0.1) is 0 Å². The molecule has 4 rings (SSSR count). The van der Waals surface area contributed by atoms with Crippen LogP contribution >= 0.6 is 0 Å². The van der Waals surface area contributed by atoms with E-state index in [0.29, 0.717) is 16.4 Å². The van der Waals surface area contributed by atoms with E-state index in [9.17, 15) is 13.2 Å².